The highest BCUT2D eigenvalue weighted by Crippen LogP contribution is 2.29. The Labute approximate surface area is 178 Å². The Kier molecular flexibility index (Phi) is 4.44. The van der Waals surface area contributed by atoms with Crippen molar-refractivity contribution in [1.29, 1.82) is 5.26 Å². The van der Waals surface area contributed by atoms with Crippen LogP contribution in [0.25, 0.3) is 11.3 Å². The van der Waals surface area contributed by atoms with Crippen molar-refractivity contribution < 1.29 is 9.53 Å². The zero-order valence-corrected chi connectivity index (χ0v) is 17.2. The fourth-order valence-electron chi connectivity index (χ4n) is 3.76. The average Bonchev–Trinajstić information content (AvgIpc) is 3.47. The molecular weight excluding hydrogens is 392 g/mol. The van der Waals surface area contributed by atoms with Gasteiger partial charge in [0.25, 0.3) is 5.91 Å². The number of imidazole rings is 1. The molecule has 0 aliphatic carbocycles. The Balaban J connectivity index is 1.40. The van der Waals surface area contributed by atoms with Gasteiger partial charge in [-0.1, -0.05) is 0 Å². The lowest BCUT2D eigenvalue weighted by molar-refractivity contribution is 0.0743. The SMILES string of the molecule is CC(C)Oc1ccc(C#N)cc1C(=O)N1Cc2cn(-c3ccn4ccnc4c3)nc2C1. The maximum absolute atomic E-state index is 13.2. The molecule has 31 heavy (non-hydrogen) atoms. The van der Waals surface area contributed by atoms with Crippen LogP contribution in [0, 0.1) is 11.3 Å². The van der Waals surface area contributed by atoms with Crippen LogP contribution in [0.2, 0.25) is 0 Å². The first-order valence-electron chi connectivity index (χ1n) is 10.0. The lowest BCUT2D eigenvalue weighted by Crippen LogP contribution is -2.27. The van der Waals surface area contributed by atoms with Crippen LogP contribution in [0.5, 0.6) is 5.75 Å². The number of nitriles is 1. The summed E-state index contributed by atoms with van der Waals surface area (Å²) in [5.74, 6) is 0.317. The maximum Gasteiger partial charge on any atom is 0.258 e. The Morgan fingerprint density at radius 3 is 2.84 bits per heavy atom. The van der Waals surface area contributed by atoms with Gasteiger partial charge in [-0.25, -0.2) is 9.67 Å². The number of fused-ring (bicyclic) bond motifs is 2. The summed E-state index contributed by atoms with van der Waals surface area (Å²) in [7, 11) is 0. The van der Waals surface area contributed by atoms with Crippen molar-refractivity contribution in [3.05, 3.63) is 77.5 Å². The number of aromatic nitrogens is 4. The summed E-state index contributed by atoms with van der Waals surface area (Å²) in [4.78, 5) is 19.3. The van der Waals surface area contributed by atoms with Gasteiger partial charge in [-0.05, 0) is 38.1 Å². The number of amides is 1. The average molecular weight is 412 g/mol. The van der Waals surface area contributed by atoms with Crippen molar-refractivity contribution >= 4 is 11.6 Å². The largest absolute Gasteiger partial charge is 0.490 e. The molecule has 154 valence electrons. The molecule has 0 unspecified atom stereocenters. The monoisotopic (exact) mass is 412 g/mol. The van der Waals surface area contributed by atoms with Crippen molar-refractivity contribution in [3.8, 4) is 17.5 Å². The number of hydrogen-bond acceptors (Lipinski definition) is 5. The second-order valence-corrected chi connectivity index (χ2v) is 7.77. The minimum Gasteiger partial charge on any atom is -0.490 e. The van der Waals surface area contributed by atoms with E-state index in [9.17, 15) is 10.1 Å². The first-order valence-corrected chi connectivity index (χ1v) is 10.0. The van der Waals surface area contributed by atoms with Gasteiger partial charge in [0.1, 0.15) is 11.4 Å². The Morgan fingerprint density at radius 1 is 1.19 bits per heavy atom. The standard InChI is InChI=1S/C23H20N6O2/c1-15(2)31-21-4-3-16(11-24)9-19(21)23(30)28-12-17-13-29(26-20(17)14-28)18-5-7-27-8-6-25-22(27)10-18/h3-10,13,15H,12,14H2,1-2H3. The number of carbonyl (C=O) groups is 1. The molecule has 0 atom stereocenters. The van der Waals surface area contributed by atoms with Gasteiger partial charge < -0.3 is 14.0 Å². The molecule has 1 aliphatic rings. The second kappa shape index (κ2) is 7.29. The van der Waals surface area contributed by atoms with Crippen LogP contribution < -0.4 is 4.74 Å². The Morgan fingerprint density at radius 2 is 2.06 bits per heavy atom. The van der Waals surface area contributed by atoms with Crippen LogP contribution in [-0.4, -0.2) is 36.1 Å². The third-order valence-corrected chi connectivity index (χ3v) is 5.21. The molecule has 0 bridgehead atoms. The molecule has 3 aromatic heterocycles. The zero-order valence-electron chi connectivity index (χ0n) is 17.2. The molecule has 8 nitrogen and oxygen atoms in total. The predicted octanol–water partition coefficient (Wildman–Crippen LogP) is 3.33. The highest BCUT2D eigenvalue weighted by molar-refractivity contribution is 5.97. The summed E-state index contributed by atoms with van der Waals surface area (Å²) in [6.45, 7) is 4.67. The maximum atomic E-state index is 13.2. The lowest BCUT2D eigenvalue weighted by atomic mass is 10.1. The summed E-state index contributed by atoms with van der Waals surface area (Å²) < 4.78 is 9.57. The van der Waals surface area contributed by atoms with Gasteiger partial charge in [-0.2, -0.15) is 10.4 Å². The van der Waals surface area contributed by atoms with E-state index in [1.54, 1.807) is 29.3 Å². The highest BCUT2D eigenvalue weighted by atomic mass is 16.5. The molecule has 1 amide bonds. The molecule has 1 aliphatic heterocycles. The summed E-state index contributed by atoms with van der Waals surface area (Å²) >= 11 is 0. The van der Waals surface area contributed by atoms with Crippen LogP contribution >= 0.6 is 0 Å². The molecule has 8 heteroatoms. The third-order valence-electron chi connectivity index (χ3n) is 5.21. The predicted molar refractivity (Wildman–Crippen MR) is 113 cm³/mol. The van der Waals surface area contributed by atoms with Crippen molar-refractivity contribution in [2.24, 2.45) is 0 Å². The van der Waals surface area contributed by atoms with Gasteiger partial charge >= 0.3 is 0 Å². The molecule has 0 N–H and O–H groups in total. The minimum atomic E-state index is -0.170. The van der Waals surface area contributed by atoms with E-state index in [1.165, 1.54) is 0 Å². The molecule has 0 radical (unpaired) electrons. The second-order valence-electron chi connectivity index (χ2n) is 7.77. The van der Waals surface area contributed by atoms with Crippen LogP contribution in [0.3, 0.4) is 0 Å². The molecule has 4 heterocycles. The quantitative estimate of drug-likeness (QED) is 0.513. The Bertz CT molecular complexity index is 1320. The van der Waals surface area contributed by atoms with E-state index in [4.69, 9.17) is 4.74 Å². The molecule has 0 fully saturated rings. The zero-order chi connectivity index (χ0) is 21.5. The minimum absolute atomic E-state index is 0.0782. The van der Waals surface area contributed by atoms with E-state index < -0.39 is 0 Å². The first kappa shape index (κ1) is 18.9. The van der Waals surface area contributed by atoms with Gasteiger partial charge in [0, 0.05) is 43.0 Å². The normalized spacial score (nSPS) is 12.9. The van der Waals surface area contributed by atoms with Gasteiger partial charge in [-0.15, -0.1) is 0 Å². The molecule has 0 saturated carbocycles. The van der Waals surface area contributed by atoms with Crippen LogP contribution in [-0.2, 0) is 13.1 Å². The van der Waals surface area contributed by atoms with Gasteiger partial charge in [-0.3, -0.25) is 4.79 Å². The number of pyridine rings is 1. The summed E-state index contributed by atoms with van der Waals surface area (Å²) in [5.41, 5.74) is 4.45. The number of hydrogen-bond donors (Lipinski definition) is 0. The van der Waals surface area contributed by atoms with Crippen molar-refractivity contribution in [2.45, 2.75) is 33.0 Å². The summed E-state index contributed by atoms with van der Waals surface area (Å²) in [5, 5.41) is 13.9. The van der Waals surface area contributed by atoms with Crippen LogP contribution in [0.15, 0.2) is 55.1 Å². The van der Waals surface area contributed by atoms with Gasteiger partial charge in [0.05, 0.1) is 41.2 Å². The summed E-state index contributed by atoms with van der Waals surface area (Å²) in [6, 6.07) is 11.0. The molecular formula is C23H20N6O2. The van der Waals surface area contributed by atoms with Crippen LogP contribution in [0.1, 0.15) is 41.0 Å². The number of ether oxygens (including phenoxy) is 1. The molecule has 0 saturated heterocycles. The van der Waals surface area contributed by atoms with E-state index in [-0.39, 0.29) is 12.0 Å². The van der Waals surface area contributed by atoms with Crippen molar-refractivity contribution in [1.82, 2.24) is 24.1 Å². The van der Waals surface area contributed by atoms with E-state index >= 15 is 0 Å². The lowest BCUT2D eigenvalue weighted by Gasteiger charge is -2.19. The molecule has 5 rings (SSSR count). The smallest absolute Gasteiger partial charge is 0.258 e. The number of rotatable bonds is 4. The summed E-state index contributed by atoms with van der Waals surface area (Å²) in [6.07, 6.45) is 7.47. The van der Waals surface area contributed by atoms with Gasteiger partial charge in [0.15, 0.2) is 0 Å². The van der Waals surface area contributed by atoms with E-state index in [0.29, 0.717) is 30.0 Å². The topological polar surface area (TPSA) is 88.5 Å². The van der Waals surface area contributed by atoms with E-state index in [1.807, 2.05) is 53.7 Å². The number of carbonyl (C=O) groups excluding carboxylic acids is 1. The van der Waals surface area contributed by atoms with Gasteiger partial charge in [0.2, 0.25) is 0 Å². The fraction of sp³-hybridized carbons (Fsp3) is 0.217. The number of nitrogens with zero attached hydrogens (tertiary/aromatic N) is 6. The van der Waals surface area contributed by atoms with Crippen LogP contribution in [0.4, 0.5) is 0 Å². The Hall–Kier alpha value is -4.12. The highest BCUT2D eigenvalue weighted by Gasteiger charge is 2.29. The van der Waals surface area contributed by atoms with E-state index in [0.717, 1.165) is 22.6 Å². The molecule has 4 aromatic rings. The molecule has 1 aromatic carbocycles. The van der Waals surface area contributed by atoms with Crippen molar-refractivity contribution in [2.75, 3.05) is 0 Å². The fourth-order valence-corrected chi connectivity index (χ4v) is 3.76. The van der Waals surface area contributed by atoms with E-state index in [2.05, 4.69) is 16.2 Å². The number of benzene rings is 1. The first-order chi connectivity index (χ1) is 15.0. The molecule has 0 spiro atoms. The third kappa shape index (κ3) is 3.40. The van der Waals surface area contributed by atoms with Crippen molar-refractivity contribution in [3.63, 3.8) is 0 Å².